The van der Waals surface area contributed by atoms with Gasteiger partial charge in [0.05, 0.1) is 23.3 Å². The number of amides is 1. The molecule has 3 aromatic carbocycles. The lowest BCUT2D eigenvalue weighted by Crippen LogP contribution is -2.48. The number of hydrogen-bond donors (Lipinski definition) is 3. The monoisotopic (exact) mass is 689 g/mol. The molecule has 0 saturated carbocycles. The number of esters is 2. The topological polar surface area (TPSA) is 117 Å². The van der Waals surface area contributed by atoms with Crippen LogP contribution < -0.4 is 15.4 Å². The van der Waals surface area contributed by atoms with Crippen molar-refractivity contribution in [2.24, 2.45) is 0 Å². The van der Waals surface area contributed by atoms with Crippen LogP contribution in [0.25, 0.3) is 0 Å². The van der Waals surface area contributed by atoms with Crippen molar-refractivity contribution in [3.05, 3.63) is 93.5 Å². The van der Waals surface area contributed by atoms with Gasteiger partial charge in [0.15, 0.2) is 11.5 Å². The van der Waals surface area contributed by atoms with Gasteiger partial charge >= 0.3 is 11.9 Å². The van der Waals surface area contributed by atoms with Crippen LogP contribution in [0.15, 0.2) is 66.7 Å². The number of hydrogen-bond acceptors (Lipinski definition) is 8. The average Bonchev–Trinajstić information content (AvgIpc) is 3.01. The van der Waals surface area contributed by atoms with Crippen molar-refractivity contribution in [1.29, 1.82) is 0 Å². The van der Waals surface area contributed by atoms with Gasteiger partial charge in [-0.2, -0.15) is 0 Å². The fourth-order valence-corrected chi connectivity index (χ4v) is 4.80. The summed E-state index contributed by atoms with van der Waals surface area (Å²) in [6, 6.07) is 17.8. The summed E-state index contributed by atoms with van der Waals surface area (Å²) in [5.74, 6) is -3.23. The highest BCUT2D eigenvalue weighted by Gasteiger charge is 2.28. The zero-order valence-electron chi connectivity index (χ0n) is 24.5. The molecule has 0 unspecified atom stereocenters. The number of phenols is 1. The number of nitrogens with one attached hydrogen (secondary N) is 2. The first kappa shape index (κ1) is 39.0. The Morgan fingerprint density at radius 3 is 2.25 bits per heavy atom. The Morgan fingerprint density at radius 2 is 1.70 bits per heavy atom. The minimum Gasteiger partial charge on any atom is -0.505 e. The molecule has 1 saturated heterocycles. The maximum absolute atomic E-state index is 13.1. The minimum atomic E-state index is -1.05. The number of methoxy groups -OCH3 is 1. The Morgan fingerprint density at radius 1 is 1.09 bits per heavy atom. The number of halogens is 4. The van der Waals surface area contributed by atoms with E-state index in [2.05, 4.69) is 29.4 Å². The van der Waals surface area contributed by atoms with Crippen LogP contribution in [0.1, 0.15) is 41.6 Å². The van der Waals surface area contributed by atoms with E-state index in [-0.39, 0.29) is 48.8 Å². The van der Waals surface area contributed by atoms with Crippen molar-refractivity contribution < 1.29 is 30.4 Å². The normalized spacial score (nSPS) is 14.8. The van der Waals surface area contributed by atoms with E-state index >= 15 is 0 Å². The number of carbonyl (C=O) groups excluding carboxylic acids is 3. The molecule has 3 N–H and O–H groups in total. The molecule has 1 aliphatic rings. The highest BCUT2D eigenvalue weighted by Crippen LogP contribution is 2.42. The second-order valence-electron chi connectivity index (χ2n) is 9.64. The third-order valence-electron chi connectivity index (χ3n) is 6.57. The van der Waals surface area contributed by atoms with Gasteiger partial charge in [0.1, 0.15) is 11.1 Å². The number of rotatable bonds is 8. The molecule has 2 atom stereocenters. The van der Waals surface area contributed by atoms with Crippen molar-refractivity contribution in [1.82, 2.24) is 15.5 Å². The van der Waals surface area contributed by atoms with Gasteiger partial charge in [0.25, 0.3) is 5.91 Å². The van der Waals surface area contributed by atoms with Crippen LogP contribution in [-0.4, -0.2) is 73.2 Å². The number of carbonyl (C=O) groups is 3. The molecule has 13 heteroatoms. The largest absolute Gasteiger partial charge is 0.505 e. The predicted octanol–water partition coefficient (Wildman–Crippen LogP) is 5.82. The van der Waals surface area contributed by atoms with E-state index in [4.69, 9.17) is 32.7 Å². The first-order valence-electron chi connectivity index (χ1n) is 13.5. The molecule has 1 heterocycles. The van der Waals surface area contributed by atoms with Gasteiger partial charge in [0.2, 0.25) is 0 Å². The van der Waals surface area contributed by atoms with Gasteiger partial charge in [0, 0.05) is 33.5 Å². The summed E-state index contributed by atoms with van der Waals surface area (Å²) in [6.45, 7) is 9.26. The average molecular weight is 691 g/mol. The van der Waals surface area contributed by atoms with Crippen molar-refractivity contribution in [3.8, 4) is 11.5 Å². The molecule has 44 heavy (non-hydrogen) atoms. The highest BCUT2D eigenvalue weighted by molar-refractivity contribution is 6.39. The summed E-state index contributed by atoms with van der Waals surface area (Å²) in [7, 11) is 1.20. The molecule has 0 bridgehead atoms. The summed E-state index contributed by atoms with van der Waals surface area (Å²) in [5.41, 5.74) is 0.741. The summed E-state index contributed by atoms with van der Waals surface area (Å²) >= 11 is 12.2. The van der Waals surface area contributed by atoms with Crippen LogP contribution in [0.4, 0.5) is 0 Å². The highest BCUT2D eigenvalue weighted by atomic mass is 35.5. The molecule has 0 radical (unpaired) electrons. The van der Waals surface area contributed by atoms with Gasteiger partial charge in [-0.3, -0.25) is 4.79 Å². The molecule has 1 aliphatic heterocycles. The maximum Gasteiger partial charge on any atom is 0.343 e. The number of nitrogens with zero attached hydrogens (tertiary/aromatic N) is 1. The van der Waals surface area contributed by atoms with Gasteiger partial charge in [-0.1, -0.05) is 78.7 Å². The second kappa shape index (κ2) is 19.4. The molecule has 9 nitrogen and oxygen atoms in total. The Hall–Kier alpha value is -3.05. The van der Waals surface area contributed by atoms with Gasteiger partial charge in [-0.25, -0.2) is 9.59 Å². The van der Waals surface area contributed by atoms with Crippen molar-refractivity contribution >= 4 is 65.9 Å². The Bertz CT molecular complexity index is 1370. The number of ether oxygens (including phenoxy) is 2. The van der Waals surface area contributed by atoms with Crippen LogP contribution in [-0.2, 0) is 16.0 Å². The first-order valence-corrected chi connectivity index (χ1v) is 14.3. The quantitative estimate of drug-likeness (QED) is 0.200. The lowest BCUT2D eigenvalue weighted by atomic mass is 10.1. The molecular weight excluding hydrogens is 652 g/mol. The van der Waals surface area contributed by atoms with E-state index in [9.17, 15) is 19.5 Å². The molecule has 242 valence electrons. The standard InChI is InChI=1S/C24H19Cl2NO6.C7H16N2.2ClH.H2/c1-32-24(31)18(12-14-8-4-2-5-9-14)27-22(29)16-13-17(25)20(28)19(26)21(16)33-23(30)15-10-6-3-7-11-15;1-3-9-5-4-8-7(2)6-9;;;/h2-11,13,18,28H,12H2,1H3,(H,27,29);7-8H,3-6H2,1-2H3;3*1H/t18-;7-;;;/m11.../s1. The van der Waals surface area contributed by atoms with E-state index in [0.29, 0.717) is 6.04 Å². The van der Waals surface area contributed by atoms with E-state index in [1.807, 2.05) is 6.07 Å². The van der Waals surface area contributed by atoms with Crippen LogP contribution in [0.2, 0.25) is 10.0 Å². The number of phenolic OH excluding ortho intramolecular Hbond substituents is 1. The molecule has 1 amide bonds. The predicted molar refractivity (Wildman–Crippen MR) is 179 cm³/mol. The fourth-order valence-electron chi connectivity index (χ4n) is 4.31. The molecular formula is C31H39Cl4N3O6. The number of piperazine rings is 1. The van der Waals surface area contributed by atoms with Crippen LogP contribution in [0.3, 0.4) is 0 Å². The van der Waals surface area contributed by atoms with Crippen molar-refractivity contribution in [2.75, 3.05) is 33.3 Å². The van der Waals surface area contributed by atoms with E-state index in [1.165, 1.54) is 38.9 Å². The summed E-state index contributed by atoms with van der Waals surface area (Å²) in [4.78, 5) is 40.4. The zero-order valence-corrected chi connectivity index (χ0v) is 27.7. The molecule has 0 aliphatic carbocycles. The SMILES string of the molecule is CCN1CCN[C@H](C)C1.COC(=O)[C@@H](Cc1ccccc1)NC(=O)c1cc(Cl)c(O)c(Cl)c1OC(=O)c1ccccc1.Cl.Cl.[HH]. The fraction of sp³-hybridized carbons (Fsp3) is 0.323. The van der Waals surface area contributed by atoms with Crippen molar-refractivity contribution in [2.45, 2.75) is 32.4 Å². The van der Waals surface area contributed by atoms with Gasteiger partial charge < -0.3 is 30.1 Å². The second-order valence-corrected chi connectivity index (χ2v) is 10.4. The van der Waals surface area contributed by atoms with E-state index in [0.717, 1.165) is 18.2 Å². The van der Waals surface area contributed by atoms with Crippen LogP contribution in [0.5, 0.6) is 11.5 Å². The third kappa shape index (κ3) is 11.1. The summed E-state index contributed by atoms with van der Waals surface area (Å²) < 4.78 is 10.1. The molecule has 3 aromatic rings. The third-order valence-corrected chi connectivity index (χ3v) is 7.21. The van der Waals surface area contributed by atoms with Crippen LogP contribution in [0, 0.1) is 0 Å². The van der Waals surface area contributed by atoms with Crippen LogP contribution >= 0.6 is 48.0 Å². The minimum absolute atomic E-state index is 0. The lowest BCUT2D eigenvalue weighted by molar-refractivity contribution is -0.142. The van der Waals surface area contributed by atoms with Gasteiger partial charge in [-0.15, -0.1) is 24.8 Å². The Labute approximate surface area is 281 Å². The first-order chi connectivity index (χ1) is 20.1. The maximum atomic E-state index is 13.1. The summed E-state index contributed by atoms with van der Waals surface area (Å²) in [6.07, 6.45) is 0.151. The Kier molecular flexibility index (Phi) is 17.1. The lowest BCUT2D eigenvalue weighted by Gasteiger charge is -2.30. The molecule has 0 spiro atoms. The zero-order chi connectivity index (χ0) is 30.6. The smallest absolute Gasteiger partial charge is 0.343 e. The van der Waals surface area contributed by atoms with Crippen molar-refractivity contribution in [3.63, 3.8) is 0 Å². The number of benzene rings is 3. The molecule has 0 aromatic heterocycles. The van der Waals surface area contributed by atoms with Gasteiger partial charge in [-0.05, 0) is 37.2 Å². The Balaban J connectivity index is 0.00000139. The molecule has 4 rings (SSSR count). The van der Waals surface area contributed by atoms with E-state index < -0.39 is 40.4 Å². The summed E-state index contributed by atoms with van der Waals surface area (Å²) in [5, 5.41) is 15.4. The molecule has 1 fully saturated rings. The van der Waals surface area contributed by atoms with E-state index in [1.54, 1.807) is 42.5 Å². The number of aromatic hydroxyl groups is 1. The number of likely N-dealkylation sites (N-methyl/N-ethyl adjacent to an activating group) is 1.